The number of rotatable bonds is 7. The Morgan fingerprint density at radius 3 is 2.21 bits per heavy atom. The van der Waals surface area contributed by atoms with Gasteiger partial charge < -0.3 is 5.32 Å². The maximum Gasteiger partial charge on any atom is 0.0521 e. The van der Waals surface area contributed by atoms with Gasteiger partial charge in [0, 0.05) is 24.8 Å². The highest BCUT2D eigenvalue weighted by molar-refractivity contribution is 5.08. The van der Waals surface area contributed by atoms with E-state index in [4.69, 9.17) is 0 Å². The molecule has 1 aromatic heterocycles. The van der Waals surface area contributed by atoms with Crippen molar-refractivity contribution in [1.82, 2.24) is 15.1 Å². The Bertz CT molecular complexity index is 370. The van der Waals surface area contributed by atoms with Gasteiger partial charge in [0.25, 0.3) is 0 Å². The molecule has 0 saturated carbocycles. The van der Waals surface area contributed by atoms with Gasteiger partial charge in [0.1, 0.15) is 0 Å². The molecule has 0 aliphatic heterocycles. The van der Waals surface area contributed by atoms with Crippen molar-refractivity contribution in [1.29, 1.82) is 0 Å². The monoisotopic (exact) mass is 265 g/mol. The lowest BCUT2D eigenvalue weighted by Gasteiger charge is -2.35. The van der Waals surface area contributed by atoms with E-state index in [9.17, 15) is 0 Å². The van der Waals surface area contributed by atoms with Crippen LogP contribution in [0, 0.1) is 5.41 Å². The van der Waals surface area contributed by atoms with E-state index >= 15 is 0 Å². The molecule has 1 rings (SSSR count). The maximum absolute atomic E-state index is 4.39. The number of aromatic nitrogens is 2. The number of aryl methyl sites for hydroxylation is 1. The smallest absolute Gasteiger partial charge is 0.0521 e. The van der Waals surface area contributed by atoms with Crippen LogP contribution >= 0.6 is 0 Å². The van der Waals surface area contributed by atoms with E-state index in [1.807, 2.05) is 10.9 Å². The summed E-state index contributed by atoms with van der Waals surface area (Å²) < 4.78 is 2.02. The minimum Gasteiger partial charge on any atom is -0.312 e. The van der Waals surface area contributed by atoms with Crippen molar-refractivity contribution in [2.75, 3.05) is 6.54 Å². The first-order valence-electron chi connectivity index (χ1n) is 7.60. The minimum atomic E-state index is 0.184. The number of nitrogens with one attached hydrogen (secondary N) is 1. The van der Waals surface area contributed by atoms with E-state index in [1.54, 1.807) is 0 Å². The molecule has 1 aromatic rings. The highest BCUT2D eigenvalue weighted by Crippen LogP contribution is 2.30. The Balaban J connectivity index is 2.75. The SMILES string of the molecule is CCn1cc(CC(CC)(CC)CNC(C)(C)C)cn1. The zero-order valence-electron chi connectivity index (χ0n) is 13.6. The average Bonchev–Trinajstić information content (AvgIpc) is 2.81. The average molecular weight is 265 g/mol. The highest BCUT2D eigenvalue weighted by Gasteiger charge is 2.28. The highest BCUT2D eigenvalue weighted by atomic mass is 15.3. The molecule has 0 saturated heterocycles. The molecule has 0 aliphatic carbocycles. The van der Waals surface area contributed by atoms with Crippen LogP contribution in [-0.2, 0) is 13.0 Å². The first kappa shape index (κ1) is 16.2. The predicted molar refractivity (Wildman–Crippen MR) is 82.4 cm³/mol. The van der Waals surface area contributed by atoms with Crippen molar-refractivity contribution >= 4 is 0 Å². The normalized spacial score (nSPS) is 12.9. The molecule has 0 amide bonds. The van der Waals surface area contributed by atoms with Gasteiger partial charge in [-0.3, -0.25) is 4.68 Å². The van der Waals surface area contributed by atoms with Crippen molar-refractivity contribution in [2.24, 2.45) is 5.41 Å². The van der Waals surface area contributed by atoms with E-state index in [-0.39, 0.29) is 5.54 Å². The molecule has 0 fully saturated rings. The Morgan fingerprint density at radius 1 is 1.16 bits per heavy atom. The van der Waals surface area contributed by atoms with Crippen LogP contribution in [0.1, 0.15) is 59.9 Å². The lowest BCUT2D eigenvalue weighted by molar-refractivity contribution is 0.220. The summed E-state index contributed by atoms with van der Waals surface area (Å²) in [6.07, 6.45) is 7.73. The summed E-state index contributed by atoms with van der Waals surface area (Å²) in [7, 11) is 0. The molecule has 0 radical (unpaired) electrons. The van der Waals surface area contributed by atoms with E-state index in [1.165, 1.54) is 18.4 Å². The van der Waals surface area contributed by atoms with Crippen molar-refractivity contribution < 1.29 is 0 Å². The first-order chi connectivity index (χ1) is 8.84. The molecule has 1 heterocycles. The second kappa shape index (κ2) is 6.56. The molecule has 19 heavy (non-hydrogen) atoms. The van der Waals surface area contributed by atoms with Crippen LogP contribution in [-0.4, -0.2) is 21.9 Å². The topological polar surface area (TPSA) is 29.9 Å². The molecule has 1 N–H and O–H groups in total. The fraction of sp³-hybridized carbons (Fsp3) is 0.812. The lowest BCUT2D eigenvalue weighted by atomic mass is 9.77. The summed E-state index contributed by atoms with van der Waals surface area (Å²) in [6.45, 7) is 15.5. The molecule has 0 atom stereocenters. The van der Waals surface area contributed by atoms with Crippen LogP contribution in [0.15, 0.2) is 12.4 Å². The van der Waals surface area contributed by atoms with Crippen LogP contribution in [0.2, 0.25) is 0 Å². The van der Waals surface area contributed by atoms with E-state index in [0.717, 1.165) is 19.5 Å². The van der Waals surface area contributed by atoms with Gasteiger partial charge in [-0.25, -0.2) is 0 Å². The summed E-state index contributed by atoms with van der Waals surface area (Å²) in [5.41, 5.74) is 1.89. The molecule has 0 bridgehead atoms. The van der Waals surface area contributed by atoms with Gasteiger partial charge in [0.05, 0.1) is 6.20 Å². The molecule has 0 unspecified atom stereocenters. The van der Waals surface area contributed by atoms with Crippen molar-refractivity contribution in [3.8, 4) is 0 Å². The molecular formula is C16H31N3. The summed E-state index contributed by atoms with van der Waals surface area (Å²) in [6, 6.07) is 0. The van der Waals surface area contributed by atoms with Crippen LogP contribution in [0.5, 0.6) is 0 Å². The van der Waals surface area contributed by atoms with E-state index in [2.05, 4.69) is 58.2 Å². The Kier molecular flexibility index (Phi) is 5.60. The van der Waals surface area contributed by atoms with Gasteiger partial charge >= 0.3 is 0 Å². The van der Waals surface area contributed by atoms with Crippen LogP contribution in [0.4, 0.5) is 0 Å². The van der Waals surface area contributed by atoms with Gasteiger partial charge in [-0.2, -0.15) is 5.10 Å². The Labute approximate surface area is 118 Å². The van der Waals surface area contributed by atoms with Crippen molar-refractivity contribution in [3.63, 3.8) is 0 Å². The minimum absolute atomic E-state index is 0.184. The van der Waals surface area contributed by atoms with Crippen LogP contribution in [0.25, 0.3) is 0 Å². The fourth-order valence-corrected chi connectivity index (χ4v) is 2.37. The number of hydrogen-bond acceptors (Lipinski definition) is 2. The zero-order chi connectivity index (χ0) is 14.5. The van der Waals surface area contributed by atoms with Crippen LogP contribution < -0.4 is 5.32 Å². The molecule has 110 valence electrons. The van der Waals surface area contributed by atoms with Gasteiger partial charge in [0.15, 0.2) is 0 Å². The molecule has 0 spiro atoms. The summed E-state index contributed by atoms with van der Waals surface area (Å²) >= 11 is 0. The van der Waals surface area contributed by atoms with Gasteiger partial charge in [0.2, 0.25) is 0 Å². The Morgan fingerprint density at radius 2 is 1.79 bits per heavy atom. The first-order valence-corrected chi connectivity index (χ1v) is 7.60. The van der Waals surface area contributed by atoms with Gasteiger partial charge in [-0.15, -0.1) is 0 Å². The largest absolute Gasteiger partial charge is 0.312 e. The molecule has 0 aliphatic rings. The quantitative estimate of drug-likeness (QED) is 0.815. The lowest BCUT2D eigenvalue weighted by Crippen LogP contribution is -2.44. The second-order valence-corrected chi connectivity index (χ2v) is 6.69. The van der Waals surface area contributed by atoms with Gasteiger partial charge in [-0.05, 0) is 57.9 Å². The third-order valence-electron chi connectivity index (χ3n) is 4.08. The van der Waals surface area contributed by atoms with Crippen molar-refractivity contribution in [2.45, 2.75) is 72.9 Å². The molecular weight excluding hydrogens is 234 g/mol. The summed E-state index contributed by atoms with van der Waals surface area (Å²) in [5.74, 6) is 0. The van der Waals surface area contributed by atoms with E-state index in [0.29, 0.717) is 5.41 Å². The van der Waals surface area contributed by atoms with Gasteiger partial charge in [-0.1, -0.05) is 13.8 Å². The van der Waals surface area contributed by atoms with E-state index < -0.39 is 0 Å². The number of hydrogen-bond donors (Lipinski definition) is 1. The second-order valence-electron chi connectivity index (χ2n) is 6.69. The maximum atomic E-state index is 4.39. The van der Waals surface area contributed by atoms with Crippen LogP contribution in [0.3, 0.4) is 0 Å². The van der Waals surface area contributed by atoms with Crippen molar-refractivity contribution in [3.05, 3.63) is 18.0 Å². The fourth-order valence-electron chi connectivity index (χ4n) is 2.37. The summed E-state index contributed by atoms with van der Waals surface area (Å²) in [5, 5.41) is 8.07. The number of nitrogens with zero attached hydrogens (tertiary/aromatic N) is 2. The standard InChI is InChI=1S/C16H31N3/c1-7-16(8-2,13-17-15(4,5)6)10-14-11-18-19(9-3)12-14/h11-12,17H,7-10,13H2,1-6H3. The zero-order valence-corrected chi connectivity index (χ0v) is 13.6. The predicted octanol–water partition coefficient (Wildman–Crippen LogP) is 3.64. The molecule has 3 nitrogen and oxygen atoms in total. The molecule has 0 aromatic carbocycles. The summed E-state index contributed by atoms with van der Waals surface area (Å²) in [4.78, 5) is 0. The molecule has 3 heteroatoms. The Hall–Kier alpha value is -0.830. The third-order valence-corrected chi connectivity index (χ3v) is 4.08. The third kappa shape index (κ3) is 4.98.